The largest absolute Gasteiger partial charge is 0.467 e. The average Bonchev–Trinajstić information content (AvgIpc) is 2.67. The van der Waals surface area contributed by atoms with Gasteiger partial charge in [0.05, 0.1) is 18.1 Å². The minimum Gasteiger partial charge on any atom is -0.467 e. The van der Waals surface area contributed by atoms with Crippen LogP contribution in [0.4, 0.5) is 5.69 Å². The number of hydrogen-bond donors (Lipinski definition) is 3. The van der Waals surface area contributed by atoms with Gasteiger partial charge in [-0.1, -0.05) is 0 Å². The van der Waals surface area contributed by atoms with Crippen LogP contribution in [0.2, 0.25) is 0 Å². The lowest BCUT2D eigenvalue weighted by molar-refractivity contribution is -0.141. The second-order valence-electron chi connectivity index (χ2n) is 3.73. The summed E-state index contributed by atoms with van der Waals surface area (Å²) in [7, 11) is 1.34. The number of benzene rings is 1. The fraction of sp³-hybridized carbons (Fsp3) is 0.273. The van der Waals surface area contributed by atoms with Crippen molar-refractivity contribution in [2.24, 2.45) is 0 Å². The Bertz CT molecular complexity index is 599. The fourth-order valence-corrected chi connectivity index (χ4v) is 1.61. The number of nitrogens with one attached hydrogen (secondary N) is 3. The molecule has 0 saturated carbocycles. The lowest BCUT2D eigenvalue weighted by Crippen LogP contribution is -2.27. The monoisotopic (exact) mass is 235 g/mol. The summed E-state index contributed by atoms with van der Waals surface area (Å²) in [5, 5.41) is 2.98. The van der Waals surface area contributed by atoms with Crippen molar-refractivity contribution < 1.29 is 9.53 Å². The van der Waals surface area contributed by atoms with Crippen LogP contribution in [0.25, 0.3) is 11.0 Å². The van der Waals surface area contributed by atoms with Crippen LogP contribution in [0.15, 0.2) is 23.0 Å². The zero-order chi connectivity index (χ0) is 12.4. The van der Waals surface area contributed by atoms with Crippen LogP contribution in [-0.2, 0) is 9.53 Å². The molecule has 6 heteroatoms. The lowest BCUT2D eigenvalue weighted by Gasteiger charge is -2.12. The second kappa shape index (κ2) is 4.32. The van der Waals surface area contributed by atoms with Gasteiger partial charge >= 0.3 is 11.7 Å². The summed E-state index contributed by atoms with van der Waals surface area (Å²) in [6.07, 6.45) is 0. The first-order valence-corrected chi connectivity index (χ1v) is 5.16. The minimum atomic E-state index is -0.442. The number of H-pyrrole nitrogens is 2. The highest BCUT2D eigenvalue weighted by Crippen LogP contribution is 2.15. The molecule has 0 spiro atoms. The number of hydrogen-bond acceptors (Lipinski definition) is 4. The van der Waals surface area contributed by atoms with Gasteiger partial charge in [0.2, 0.25) is 0 Å². The molecule has 17 heavy (non-hydrogen) atoms. The molecule has 1 aromatic carbocycles. The predicted octanol–water partition coefficient (Wildman–Crippen LogP) is 0.830. The van der Waals surface area contributed by atoms with Crippen LogP contribution < -0.4 is 11.0 Å². The average molecular weight is 235 g/mol. The Morgan fingerprint density at radius 1 is 1.35 bits per heavy atom. The van der Waals surface area contributed by atoms with Crippen molar-refractivity contribution in [3.05, 3.63) is 28.7 Å². The summed E-state index contributed by atoms with van der Waals surface area (Å²) >= 11 is 0. The SMILES string of the molecule is COC(=O)C(C)Nc1ccc2[nH]c(=O)[nH]c2c1. The highest BCUT2D eigenvalue weighted by molar-refractivity contribution is 5.82. The molecule has 1 atom stereocenters. The molecule has 0 aliphatic rings. The molecule has 3 N–H and O–H groups in total. The number of esters is 1. The van der Waals surface area contributed by atoms with Crippen molar-refractivity contribution in [2.75, 3.05) is 12.4 Å². The van der Waals surface area contributed by atoms with Crippen molar-refractivity contribution >= 4 is 22.7 Å². The quantitative estimate of drug-likeness (QED) is 0.688. The predicted molar refractivity (Wildman–Crippen MR) is 64.0 cm³/mol. The fourth-order valence-electron chi connectivity index (χ4n) is 1.61. The third-order valence-corrected chi connectivity index (χ3v) is 2.45. The number of anilines is 1. The lowest BCUT2D eigenvalue weighted by atomic mass is 10.2. The zero-order valence-corrected chi connectivity index (χ0v) is 9.53. The minimum absolute atomic E-state index is 0.252. The number of imidazole rings is 1. The number of fused-ring (bicyclic) bond motifs is 1. The van der Waals surface area contributed by atoms with Crippen molar-refractivity contribution in [1.29, 1.82) is 0 Å². The third kappa shape index (κ3) is 2.30. The highest BCUT2D eigenvalue weighted by Gasteiger charge is 2.12. The van der Waals surface area contributed by atoms with Crippen LogP contribution >= 0.6 is 0 Å². The van der Waals surface area contributed by atoms with Gasteiger partial charge in [-0.3, -0.25) is 0 Å². The molecule has 6 nitrogen and oxygen atoms in total. The van der Waals surface area contributed by atoms with Gasteiger partial charge in [0, 0.05) is 5.69 Å². The van der Waals surface area contributed by atoms with Crippen molar-refractivity contribution in [1.82, 2.24) is 9.97 Å². The molecule has 2 rings (SSSR count). The smallest absolute Gasteiger partial charge is 0.327 e. The van der Waals surface area contributed by atoms with Crippen molar-refractivity contribution in [2.45, 2.75) is 13.0 Å². The Morgan fingerprint density at radius 2 is 2.06 bits per heavy atom. The molecule has 2 aromatic rings. The van der Waals surface area contributed by atoms with E-state index in [4.69, 9.17) is 0 Å². The zero-order valence-electron chi connectivity index (χ0n) is 9.53. The summed E-state index contributed by atoms with van der Waals surface area (Å²) in [5.41, 5.74) is 1.91. The maximum atomic E-state index is 11.2. The van der Waals surface area contributed by atoms with Gasteiger partial charge in [0.25, 0.3) is 0 Å². The number of aromatic nitrogens is 2. The Hall–Kier alpha value is -2.24. The molecular formula is C11H13N3O3. The van der Waals surface area contributed by atoms with Gasteiger partial charge in [-0.05, 0) is 25.1 Å². The maximum absolute atomic E-state index is 11.2. The summed E-state index contributed by atoms with van der Waals surface area (Å²) in [6, 6.07) is 4.86. The Morgan fingerprint density at radius 3 is 2.76 bits per heavy atom. The Kier molecular flexibility index (Phi) is 2.86. The molecule has 1 unspecified atom stereocenters. The van der Waals surface area contributed by atoms with E-state index in [9.17, 15) is 9.59 Å². The molecular weight excluding hydrogens is 222 g/mol. The first-order chi connectivity index (χ1) is 8.10. The van der Waals surface area contributed by atoms with Crippen molar-refractivity contribution in [3.63, 3.8) is 0 Å². The summed E-state index contributed by atoms with van der Waals surface area (Å²) in [5.74, 6) is -0.340. The first-order valence-electron chi connectivity index (χ1n) is 5.16. The van der Waals surface area contributed by atoms with Gasteiger partial charge in [0.15, 0.2) is 0 Å². The van der Waals surface area contributed by atoms with Gasteiger partial charge in [-0.2, -0.15) is 0 Å². The van der Waals surface area contributed by atoms with E-state index in [1.54, 1.807) is 25.1 Å². The van der Waals surface area contributed by atoms with Crippen LogP contribution in [0.5, 0.6) is 0 Å². The molecule has 0 aliphatic carbocycles. The topological polar surface area (TPSA) is 87.0 Å². The molecule has 0 aliphatic heterocycles. The van der Waals surface area contributed by atoms with E-state index in [1.807, 2.05) is 0 Å². The number of carbonyl (C=O) groups is 1. The molecule has 1 aromatic heterocycles. The highest BCUT2D eigenvalue weighted by atomic mass is 16.5. The molecule has 1 heterocycles. The first kappa shape index (κ1) is 11.3. The van der Waals surface area contributed by atoms with E-state index < -0.39 is 6.04 Å². The number of rotatable bonds is 3. The Labute approximate surface area is 97.0 Å². The van der Waals surface area contributed by atoms with E-state index in [0.29, 0.717) is 5.52 Å². The van der Waals surface area contributed by atoms with E-state index in [0.717, 1.165) is 11.2 Å². The molecule has 90 valence electrons. The van der Waals surface area contributed by atoms with E-state index >= 15 is 0 Å². The van der Waals surface area contributed by atoms with Crippen LogP contribution in [0.1, 0.15) is 6.92 Å². The van der Waals surface area contributed by atoms with Crippen LogP contribution in [-0.4, -0.2) is 29.1 Å². The Balaban J connectivity index is 2.24. The van der Waals surface area contributed by atoms with Gasteiger partial charge in [0.1, 0.15) is 6.04 Å². The van der Waals surface area contributed by atoms with Gasteiger partial charge < -0.3 is 20.0 Å². The standard InChI is InChI=1S/C11H13N3O3/c1-6(10(15)17-2)12-7-3-4-8-9(5-7)14-11(16)13-8/h3-6,12H,1-2H3,(H2,13,14,16). The molecule has 0 saturated heterocycles. The summed E-state index contributed by atoms with van der Waals surface area (Å²) in [6.45, 7) is 1.70. The van der Waals surface area contributed by atoms with E-state index in [1.165, 1.54) is 7.11 Å². The summed E-state index contributed by atoms with van der Waals surface area (Å²) in [4.78, 5) is 27.6. The second-order valence-corrected chi connectivity index (χ2v) is 3.73. The third-order valence-electron chi connectivity index (χ3n) is 2.45. The van der Waals surface area contributed by atoms with Gasteiger partial charge in [-0.25, -0.2) is 9.59 Å². The van der Waals surface area contributed by atoms with Crippen molar-refractivity contribution in [3.8, 4) is 0 Å². The van der Waals surface area contributed by atoms with Gasteiger partial charge in [-0.15, -0.1) is 0 Å². The van der Waals surface area contributed by atoms with E-state index in [-0.39, 0.29) is 11.7 Å². The molecule has 0 bridgehead atoms. The van der Waals surface area contributed by atoms with E-state index in [2.05, 4.69) is 20.0 Å². The summed E-state index contributed by atoms with van der Waals surface area (Å²) < 4.78 is 4.61. The normalized spacial score (nSPS) is 12.4. The molecule has 0 fully saturated rings. The van der Waals surface area contributed by atoms with Crippen LogP contribution in [0, 0.1) is 0 Å². The number of methoxy groups -OCH3 is 1. The maximum Gasteiger partial charge on any atom is 0.327 e. The number of aromatic amines is 2. The number of ether oxygens (including phenoxy) is 1. The molecule has 0 radical (unpaired) electrons. The number of carbonyl (C=O) groups excluding carboxylic acids is 1. The molecule has 0 amide bonds. The van der Waals surface area contributed by atoms with Crippen LogP contribution in [0.3, 0.4) is 0 Å².